The van der Waals surface area contributed by atoms with Crippen LogP contribution in [-0.2, 0) is 0 Å². The van der Waals surface area contributed by atoms with Crippen LogP contribution >= 0.6 is 27.3 Å². The van der Waals surface area contributed by atoms with Crippen molar-refractivity contribution >= 4 is 27.3 Å². The van der Waals surface area contributed by atoms with E-state index in [4.69, 9.17) is 0 Å². The molecule has 1 aromatic rings. The van der Waals surface area contributed by atoms with E-state index >= 15 is 0 Å². The first-order valence-electron chi connectivity index (χ1n) is 5.81. The molecule has 0 aromatic carbocycles. The largest absolute Gasteiger partial charge is 0.383 e. The summed E-state index contributed by atoms with van der Waals surface area (Å²) >= 11 is 5.19. The molecule has 0 amide bonds. The predicted molar refractivity (Wildman–Crippen MR) is 72.9 cm³/mol. The van der Waals surface area contributed by atoms with Gasteiger partial charge in [-0.25, -0.2) is 0 Å². The number of halogens is 1. The average molecular weight is 301 g/mol. The summed E-state index contributed by atoms with van der Waals surface area (Å²) in [5, 5.41) is 10.3. The second kappa shape index (κ2) is 5.48. The first-order valence-corrected chi connectivity index (χ1v) is 7.42. The van der Waals surface area contributed by atoms with Crippen molar-refractivity contribution < 1.29 is 5.11 Å². The van der Waals surface area contributed by atoms with Gasteiger partial charge in [-0.15, -0.1) is 11.3 Å². The fourth-order valence-electron chi connectivity index (χ4n) is 2.09. The molecule has 16 heavy (non-hydrogen) atoms. The molecule has 88 valence electrons. The molecule has 1 unspecified atom stereocenters. The van der Waals surface area contributed by atoms with Crippen LogP contribution in [0.3, 0.4) is 0 Å². The van der Waals surface area contributed by atoms with Crippen molar-refractivity contribution in [3.05, 3.63) is 31.9 Å². The molecule has 0 radical (unpaired) electrons. The van der Waals surface area contributed by atoms with Crippen LogP contribution in [0, 0.1) is 6.92 Å². The molecule has 1 nitrogen and oxygen atoms in total. The van der Waals surface area contributed by atoms with Gasteiger partial charge in [0.15, 0.2) is 0 Å². The molecule has 1 N–H and O–H groups in total. The molecule has 1 aromatic heterocycles. The van der Waals surface area contributed by atoms with Crippen LogP contribution in [0.4, 0.5) is 0 Å². The van der Waals surface area contributed by atoms with Gasteiger partial charge >= 0.3 is 0 Å². The number of allylic oxidation sites excluding steroid dienone is 1. The summed E-state index contributed by atoms with van der Waals surface area (Å²) in [5.41, 5.74) is 1.21. The molecule has 0 saturated carbocycles. The highest BCUT2D eigenvalue weighted by Gasteiger charge is 2.17. The third kappa shape index (κ3) is 2.76. The second-order valence-electron chi connectivity index (χ2n) is 4.33. The van der Waals surface area contributed by atoms with Gasteiger partial charge in [0.25, 0.3) is 0 Å². The monoisotopic (exact) mass is 300 g/mol. The standard InChI is InChI=1S/C13H17BrOS/c1-9-11(14)8-12(16-9)13(15)10-6-4-2-3-5-7-10/h6,8,13,15H,2-5,7H2,1H3. The zero-order valence-electron chi connectivity index (χ0n) is 9.50. The lowest BCUT2D eigenvalue weighted by Gasteiger charge is -2.12. The SMILES string of the molecule is Cc1sc(C(O)C2=CCCCCC2)cc1Br. The summed E-state index contributed by atoms with van der Waals surface area (Å²) in [6.07, 6.45) is 7.81. The van der Waals surface area contributed by atoms with Crippen LogP contribution in [0.1, 0.15) is 48.0 Å². The Morgan fingerprint density at radius 3 is 2.88 bits per heavy atom. The van der Waals surface area contributed by atoms with Gasteiger partial charge in [-0.05, 0) is 60.2 Å². The van der Waals surface area contributed by atoms with Crippen molar-refractivity contribution in [2.45, 2.75) is 45.1 Å². The first-order chi connectivity index (χ1) is 7.68. The highest BCUT2D eigenvalue weighted by molar-refractivity contribution is 9.10. The van der Waals surface area contributed by atoms with Crippen LogP contribution < -0.4 is 0 Å². The van der Waals surface area contributed by atoms with E-state index in [1.54, 1.807) is 11.3 Å². The Morgan fingerprint density at radius 2 is 2.19 bits per heavy atom. The summed E-state index contributed by atoms with van der Waals surface area (Å²) in [7, 11) is 0. The van der Waals surface area contributed by atoms with E-state index in [2.05, 4.69) is 35.0 Å². The van der Waals surface area contributed by atoms with Crippen LogP contribution in [0.25, 0.3) is 0 Å². The van der Waals surface area contributed by atoms with Crippen LogP contribution in [0.2, 0.25) is 0 Å². The number of hydrogen-bond donors (Lipinski definition) is 1. The lowest BCUT2D eigenvalue weighted by molar-refractivity contribution is 0.214. The molecule has 0 fully saturated rings. The van der Waals surface area contributed by atoms with Crippen molar-refractivity contribution in [1.82, 2.24) is 0 Å². The van der Waals surface area contributed by atoms with E-state index in [1.165, 1.54) is 29.7 Å². The maximum Gasteiger partial charge on any atom is 0.109 e. The quantitative estimate of drug-likeness (QED) is 0.782. The third-order valence-corrected chi connectivity index (χ3v) is 5.26. The van der Waals surface area contributed by atoms with E-state index in [9.17, 15) is 5.11 Å². The van der Waals surface area contributed by atoms with Gasteiger partial charge in [-0.3, -0.25) is 0 Å². The van der Waals surface area contributed by atoms with E-state index in [1.807, 2.05) is 0 Å². The maximum atomic E-state index is 10.3. The average Bonchev–Trinajstić information content (AvgIpc) is 2.51. The lowest BCUT2D eigenvalue weighted by Crippen LogP contribution is -1.98. The molecule has 0 saturated heterocycles. The van der Waals surface area contributed by atoms with Gasteiger partial charge in [0, 0.05) is 14.2 Å². The van der Waals surface area contributed by atoms with Crippen LogP contribution in [0.15, 0.2) is 22.2 Å². The number of aryl methyl sites for hydroxylation is 1. The Hall–Kier alpha value is -0.120. The summed E-state index contributed by atoms with van der Waals surface area (Å²) in [5.74, 6) is 0. The van der Waals surface area contributed by atoms with E-state index in [0.717, 1.165) is 22.2 Å². The van der Waals surface area contributed by atoms with Crippen molar-refractivity contribution in [3.63, 3.8) is 0 Å². The molecule has 1 heterocycles. The van der Waals surface area contributed by atoms with E-state index in [-0.39, 0.29) is 6.10 Å². The number of aliphatic hydroxyl groups is 1. The number of rotatable bonds is 2. The molecule has 0 bridgehead atoms. The first kappa shape index (κ1) is 12.3. The van der Waals surface area contributed by atoms with Gasteiger partial charge < -0.3 is 5.11 Å². The zero-order chi connectivity index (χ0) is 11.5. The van der Waals surface area contributed by atoms with Gasteiger partial charge in [0.1, 0.15) is 6.10 Å². The molecule has 2 rings (SSSR count). The Bertz CT molecular complexity index is 375. The second-order valence-corrected chi connectivity index (χ2v) is 6.48. The fraction of sp³-hybridized carbons (Fsp3) is 0.538. The minimum Gasteiger partial charge on any atom is -0.383 e. The topological polar surface area (TPSA) is 20.2 Å². The minimum atomic E-state index is -0.381. The van der Waals surface area contributed by atoms with Gasteiger partial charge in [0.05, 0.1) is 0 Å². The Kier molecular flexibility index (Phi) is 4.22. The van der Waals surface area contributed by atoms with Crippen molar-refractivity contribution in [3.8, 4) is 0 Å². The van der Waals surface area contributed by atoms with Gasteiger partial charge in [-0.1, -0.05) is 12.5 Å². The Balaban J connectivity index is 2.17. The van der Waals surface area contributed by atoms with Crippen molar-refractivity contribution in [1.29, 1.82) is 0 Å². The summed E-state index contributed by atoms with van der Waals surface area (Å²) in [4.78, 5) is 2.31. The van der Waals surface area contributed by atoms with Crippen LogP contribution in [0.5, 0.6) is 0 Å². The normalized spacial score (nSPS) is 19.1. The summed E-state index contributed by atoms with van der Waals surface area (Å²) in [6, 6.07) is 2.05. The molecule has 0 spiro atoms. The lowest BCUT2D eigenvalue weighted by atomic mass is 10.0. The smallest absolute Gasteiger partial charge is 0.109 e. The van der Waals surface area contributed by atoms with Gasteiger partial charge in [-0.2, -0.15) is 0 Å². The molecular weight excluding hydrogens is 284 g/mol. The number of hydrogen-bond acceptors (Lipinski definition) is 2. The summed E-state index contributed by atoms with van der Waals surface area (Å²) in [6.45, 7) is 2.08. The van der Waals surface area contributed by atoms with E-state index in [0.29, 0.717) is 0 Å². The molecule has 1 aliphatic rings. The zero-order valence-corrected chi connectivity index (χ0v) is 11.9. The summed E-state index contributed by atoms with van der Waals surface area (Å²) < 4.78 is 1.11. The minimum absolute atomic E-state index is 0.381. The highest BCUT2D eigenvalue weighted by Crippen LogP contribution is 2.36. The molecular formula is C13H17BrOS. The maximum absolute atomic E-state index is 10.3. The highest BCUT2D eigenvalue weighted by atomic mass is 79.9. The van der Waals surface area contributed by atoms with E-state index < -0.39 is 0 Å². The molecule has 1 aliphatic carbocycles. The number of thiophene rings is 1. The molecule has 0 aliphatic heterocycles. The van der Waals surface area contributed by atoms with Gasteiger partial charge in [0.2, 0.25) is 0 Å². The molecule has 3 heteroatoms. The molecule has 1 atom stereocenters. The van der Waals surface area contributed by atoms with Crippen molar-refractivity contribution in [2.75, 3.05) is 0 Å². The van der Waals surface area contributed by atoms with Crippen LogP contribution in [-0.4, -0.2) is 5.11 Å². The third-order valence-electron chi connectivity index (χ3n) is 3.07. The van der Waals surface area contributed by atoms with Crippen molar-refractivity contribution in [2.24, 2.45) is 0 Å². The Labute approximate surface area is 109 Å². The fourth-order valence-corrected chi connectivity index (χ4v) is 3.68. The Morgan fingerprint density at radius 1 is 1.38 bits per heavy atom. The predicted octanol–water partition coefficient (Wildman–Crippen LogP) is 4.74. The number of aliphatic hydroxyl groups excluding tert-OH is 1.